The van der Waals surface area contributed by atoms with Crippen LogP contribution in [0, 0.1) is 0 Å². The third-order valence-electron chi connectivity index (χ3n) is 4.52. The standard InChI is InChI=1S/C22H23F3N4O4/c1-12(30)14-11-29(28-15(14)10-26-20(31)33-21(2,3)4)16-7-8-17(32-5)19-13(16)6-9-18(27-19)22(23,24)25/h6-9,11H,10H2,1-5H3,(H,26,31). The number of Topliss-reactive ketones (excluding diaryl/α,β-unsaturated/α-hetero) is 1. The van der Waals surface area contributed by atoms with Crippen molar-refractivity contribution in [1.82, 2.24) is 20.1 Å². The Kier molecular flexibility index (Phi) is 6.35. The molecule has 0 unspecified atom stereocenters. The van der Waals surface area contributed by atoms with Gasteiger partial charge in [-0.15, -0.1) is 0 Å². The largest absolute Gasteiger partial charge is 0.494 e. The Bertz CT molecular complexity index is 1210. The number of fused-ring (bicyclic) bond motifs is 1. The second kappa shape index (κ2) is 8.72. The molecule has 0 bridgehead atoms. The van der Waals surface area contributed by atoms with Gasteiger partial charge >= 0.3 is 12.3 Å². The number of ether oxygens (including phenoxy) is 2. The van der Waals surface area contributed by atoms with Gasteiger partial charge in [0.2, 0.25) is 0 Å². The van der Waals surface area contributed by atoms with E-state index in [-0.39, 0.29) is 34.9 Å². The number of nitrogens with one attached hydrogen (secondary N) is 1. The van der Waals surface area contributed by atoms with Gasteiger partial charge in [-0.2, -0.15) is 18.3 Å². The summed E-state index contributed by atoms with van der Waals surface area (Å²) in [6.07, 6.45) is -3.85. The van der Waals surface area contributed by atoms with Crippen LogP contribution in [0.3, 0.4) is 0 Å². The molecule has 0 aliphatic heterocycles. The number of benzene rings is 1. The molecule has 0 atom stereocenters. The number of aromatic nitrogens is 3. The van der Waals surface area contributed by atoms with Crippen LogP contribution in [0.15, 0.2) is 30.5 Å². The van der Waals surface area contributed by atoms with Gasteiger partial charge in [0, 0.05) is 11.6 Å². The van der Waals surface area contributed by atoms with Crippen LogP contribution in [-0.4, -0.2) is 39.4 Å². The number of carbonyl (C=O) groups is 2. The van der Waals surface area contributed by atoms with Crippen molar-refractivity contribution in [1.29, 1.82) is 0 Å². The maximum Gasteiger partial charge on any atom is 0.433 e. The normalized spacial score (nSPS) is 12.0. The van der Waals surface area contributed by atoms with Crippen molar-refractivity contribution in [2.24, 2.45) is 0 Å². The summed E-state index contributed by atoms with van der Waals surface area (Å²) in [5.41, 5.74) is -0.849. The minimum absolute atomic E-state index is 0.00173. The van der Waals surface area contributed by atoms with Crippen molar-refractivity contribution in [3.63, 3.8) is 0 Å². The fourth-order valence-corrected chi connectivity index (χ4v) is 3.13. The summed E-state index contributed by atoms with van der Waals surface area (Å²) in [5, 5.41) is 7.27. The highest BCUT2D eigenvalue weighted by Gasteiger charge is 2.33. The zero-order valence-electron chi connectivity index (χ0n) is 18.7. The number of hydrogen-bond donors (Lipinski definition) is 1. The van der Waals surface area contributed by atoms with E-state index < -0.39 is 23.6 Å². The Balaban J connectivity index is 2.04. The quantitative estimate of drug-likeness (QED) is 0.551. The molecular formula is C22H23F3N4O4. The van der Waals surface area contributed by atoms with E-state index in [1.54, 1.807) is 26.8 Å². The highest BCUT2D eigenvalue weighted by molar-refractivity contribution is 5.96. The molecule has 1 aromatic carbocycles. The molecule has 1 N–H and O–H groups in total. The lowest BCUT2D eigenvalue weighted by atomic mass is 10.1. The summed E-state index contributed by atoms with van der Waals surface area (Å²) in [6, 6.07) is 5.21. The molecular weight excluding hydrogens is 441 g/mol. The van der Waals surface area contributed by atoms with Gasteiger partial charge in [-0.25, -0.2) is 14.5 Å². The molecule has 0 radical (unpaired) electrons. The number of ketones is 1. The molecule has 11 heteroatoms. The lowest BCUT2D eigenvalue weighted by Crippen LogP contribution is -2.32. The molecule has 0 saturated carbocycles. The minimum Gasteiger partial charge on any atom is -0.494 e. The molecule has 3 rings (SSSR count). The second-order valence-corrected chi connectivity index (χ2v) is 8.22. The summed E-state index contributed by atoms with van der Waals surface area (Å²) in [7, 11) is 1.33. The number of carbonyl (C=O) groups excluding carboxylic acids is 2. The van der Waals surface area contributed by atoms with Crippen LogP contribution in [0.2, 0.25) is 0 Å². The highest BCUT2D eigenvalue weighted by Crippen LogP contribution is 2.34. The van der Waals surface area contributed by atoms with Crippen LogP contribution in [0.5, 0.6) is 5.75 Å². The highest BCUT2D eigenvalue weighted by atomic mass is 19.4. The lowest BCUT2D eigenvalue weighted by Gasteiger charge is -2.19. The SMILES string of the molecule is COc1ccc(-n2cc(C(C)=O)c(CNC(=O)OC(C)(C)C)n2)c2ccc(C(F)(F)F)nc12. The van der Waals surface area contributed by atoms with Crippen molar-refractivity contribution >= 4 is 22.8 Å². The lowest BCUT2D eigenvalue weighted by molar-refractivity contribution is -0.140. The number of alkyl carbamates (subject to hydrolysis) is 1. The zero-order chi connectivity index (χ0) is 24.6. The van der Waals surface area contributed by atoms with Crippen LogP contribution in [0.4, 0.5) is 18.0 Å². The van der Waals surface area contributed by atoms with Crippen LogP contribution in [0.25, 0.3) is 16.6 Å². The average Bonchev–Trinajstić information content (AvgIpc) is 3.13. The molecule has 2 aromatic heterocycles. The van der Waals surface area contributed by atoms with Gasteiger partial charge in [0.25, 0.3) is 0 Å². The Hall–Kier alpha value is -3.63. The number of halogens is 3. The van der Waals surface area contributed by atoms with E-state index in [0.29, 0.717) is 11.1 Å². The van der Waals surface area contributed by atoms with Gasteiger partial charge < -0.3 is 14.8 Å². The number of alkyl halides is 3. The van der Waals surface area contributed by atoms with E-state index in [2.05, 4.69) is 15.4 Å². The zero-order valence-corrected chi connectivity index (χ0v) is 18.7. The van der Waals surface area contributed by atoms with E-state index in [1.165, 1.54) is 37.0 Å². The maximum absolute atomic E-state index is 13.2. The number of amides is 1. The Labute approximate surface area is 187 Å². The van der Waals surface area contributed by atoms with Gasteiger partial charge in [-0.05, 0) is 52.0 Å². The van der Waals surface area contributed by atoms with E-state index in [1.807, 2.05) is 0 Å². The first-order chi connectivity index (χ1) is 15.3. The molecule has 2 heterocycles. The van der Waals surface area contributed by atoms with E-state index in [0.717, 1.165) is 6.07 Å². The van der Waals surface area contributed by atoms with Crippen LogP contribution in [-0.2, 0) is 17.5 Å². The molecule has 0 fully saturated rings. The van der Waals surface area contributed by atoms with Crippen molar-refractivity contribution in [3.8, 4) is 11.4 Å². The second-order valence-electron chi connectivity index (χ2n) is 8.22. The third kappa shape index (κ3) is 5.41. The van der Waals surface area contributed by atoms with Crippen molar-refractivity contribution < 1.29 is 32.2 Å². The van der Waals surface area contributed by atoms with E-state index in [4.69, 9.17) is 9.47 Å². The summed E-state index contributed by atoms with van der Waals surface area (Å²) < 4.78 is 51.2. The summed E-state index contributed by atoms with van der Waals surface area (Å²) >= 11 is 0. The summed E-state index contributed by atoms with van der Waals surface area (Å²) in [4.78, 5) is 27.9. The Morgan fingerprint density at radius 2 is 1.82 bits per heavy atom. The maximum atomic E-state index is 13.2. The first-order valence-electron chi connectivity index (χ1n) is 9.92. The van der Waals surface area contributed by atoms with Gasteiger partial charge in [0.1, 0.15) is 22.6 Å². The number of nitrogens with zero attached hydrogens (tertiary/aromatic N) is 3. The third-order valence-corrected chi connectivity index (χ3v) is 4.52. The number of pyridine rings is 1. The van der Waals surface area contributed by atoms with Crippen LogP contribution < -0.4 is 10.1 Å². The van der Waals surface area contributed by atoms with E-state index in [9.17, 15) is 22.8 Å². The molecule has 0 aliphatic rings. The molecule has 33 heavy (non-hydrogen) atoms. The smallest absolute Gasteiger partial charge is 0.433 e. The van der Waals surface area contributed by atoms with Crippen molar-refractivity contribution in [2.75, 3.05) is 7.11 Å². The molecule has 0 saturated heterocycles. The molecule has 0 spiro atoms. The topological polar surface area (TPSA) is 95.3 Å². The van der Waals surface area contributed by atoms with E-state index >= 15 is 0 Å². The monoisotopic (exact) mass is 464 g/mol. The first-order valence-corrected chi connectivity index (χ1v) is 9.92. The molecule has 3 aromatic rings. The molecule has 0 aliphatic carbocycles. The van der Waals surface area contributed by atoms with Crippen molar-refractivity contribution in [3.05, 3.63) is 47.4 Å². The van der Waals surface area contributed by atoms with Gasteiger partial charge in [0.05, 0.1) is 30.6 Å². The number of hydrogen-bond acceptors (Lipinski definition) is 6. The Morgan fingerprint density at radius 3 is 2.39 bits per heavy atom. The van der Waals surface area contributed by atoms with Crippen LogP contribution >= 0.6 is 0 Å². The number of rotatable bonds is 5. The minimum atomic E-state index is -4.62. The van der Waals surface area contributed by atoms with Crippen LogP contribution in [0.1, 0.15) is 49.4 Å². The van der Waals surface area contributed by atoms with Gasteiger partial charge in [-0.1, -0.05) is 0 Å². The predicted molar refractivity (Wildman–Crippen MR) is 113 cm³/mol. The molecule has 1 amide bonds. The summed E-state index contributed by atoms with van der Waals surface area (Å²) in [5.74, 6) is -0.136. The first kappa shape index (κ1) is 24.0. The predicted octanol–water partition coefficient (Wildman–Crippen LogP) is 4.68. The average molecular weight is 464 g/mol. The fourth-order valence-electron chi connectivity index (χ4n) is 3.13. The molecule has 8 nitrogen and oxygen atoms in total. The van der Waals surface area contributed by atoms with Gasteiger partial charge in [0.15, 0.2) is 5.78 Å². The molecule has 176 valence electrons. The van der Waals surface area contributed by atoms with Gasteiger partial charge in [-0.3, -0.25) is 4.79 Å². The Morgan fingerprint density at radius 1 is 1.12 bits per heavy atom. The van der Waals surface area contributed by atoms with Crippen molar-refractivity contribution in [2.45, 2.75) is 46.0 Å². The fraction of sp³-hybridized carbons (Fsp3) is 0.364. The number of methoxy groups -OCH3 is 1. The summed E-state index contributed by atoms with van der Waals surface area (Å²) in [6.45, 7) is 6.42.